The number of nitrogens with one attached hydrogen (secondary N) is 1. The van der Waals surface area contributed by atoms with Crippen LogP contribution in [-0.4, -0.2) is 78.2 Å². The first-order chi connectivity index (χ1) is 12.5. The van der Waals surface area contributed by atoms with E-state index in [1.54, 1.807) is 36.3 Å². The molecule has 146 valence electrons. The number of amides is 1. The highest BCUT2D eigenvalue weighted by molar-refractivity contribution is 7.89. The van der Waals surface area contributed by atoms with E-state index in [9.17, 15) is 13.2 Å². The van der Waals surface area contributed by atoms with Gasteiger partial charge in [0.05, 0.1) is 38.8 Å². The largest absolute Gasteiger partial charge is 0.382 e. The van der Waals surface area contributed by atoms with Gasteiger partial charge in [-0.2, -0.15) is 4.72 Å². The normalized spacial score (nSPS) is 16.4. The summed E-state index contributed by atoms with van der Waals surface area (Å²) in [7, 11) is -2.15. The minimum Gasteiger partial charge on any atom is -0.382 e. The predicted molar refractivity (Wildman–Crippen MR) is 96.2 cm³/mol. The summed E-state index contributed by atoms with van der Waals surface area (Å²) in [5.74, 6) is -0.500. The van der Waals surface area contributed by atoms with Gasteiger partial charge in [0.15, 0.2) is 0 Å². The van der Waals surface area contributed by atoms with Gasteiger partial charge in [0.2, 0.25) is 15.9 Å². The van der Waals surface area contributed by atoms with Crippen molar-refractivity contribution in [3.05, 3.63) is 35.9 Å². The van der Waals surface area contributed by atoms with Gasteiger partial charge in [-0.25, -0.2) is 8.42 Å². The molecule has 1 aliphatic heterocycles. The molecule has 1 aromatic carbocycles. The molecule has 1 aromatic rings. The van der Waals surface area contributed by atoms with Crippen LogP contribution in [0.4, 0.5) is 0 Å². The van der Waals surface area contributed by atoms with Crippen LogP contribution in [0.15, 0.2) is 30.3 Å². The Morgan fingerprint density at radius 2 is 1.88 bits per heavy atom. The number of ether oxygens (including phenoxy) is 3. The van der Waals surface area contributed by atoms with E-state index in [4.69, 9.17) is 14.2 Å². The number of methoxy groups -OCH3 is 1. The van der Waals surface area contributed by atoms with Gasteiger partial charge in [-0.1, -0.05) is 30.3 Å². The molecule has 1 aliphatic rings. The Bertz CT molecular complexity index is 646. The van der Waals surface area contributed by atoms with Crippen LogP contribution in [0.5, 0.6) is 0 Å². The van der Waals surface area contributed by atoms with Gasteiger partial charge in [-0.05, 0) is 5.56 Å². The molecular formula is C17H26N2O6S. The highest BCUT2D eigenvalue weighted by Crippen LogP contribution is 2.18. The molecule has 1 heterocycles. The average molecular weight is 386 g/mol. The third kappa shape index (κ3) is 6.65. The molecule has 1 atom stereocenters. The van der Waals surface area contributed by atoms with E-state index in [-0.39, 0.29) is 18.3 Å². The molecule has 1 saturated heterocycles. The quantitative estimate of drug-likeness (QED) is 0.576. The van der Waals surface area contributed by atoms with Crippen molar-refractivity contribution in [1.82, 2.24) is 9.62 Å². The maximum absolute atomic E-state index is 12.9. The molecule has 0 radical (unpaired) electrons. The number of nitrogens with zero attached hydrogens (tertiary/aromatic N) is 1. The summed E-state index contributed by atoms with van der Waals surface area (Å²) in [6, 6.07) is 7.88. The van der Waals surface area contributed by atoms with E-state index in [0.717, 1.165) is 0 Å². The number of benzene rings is 1. The molecule has 1 amide bonds. The van der Waals surface area contributed by atoms with Crippen molar-refractivity contribution < 1.29 is 27.4 Å². The first-order valence-corrected chi connectivity index (χ1v) is 10.2. The van der Waals surface area contributed by atoms with Gasteiger partial charge < -0.3 is 19.1 Å². The van der Waals surface area contributed by atoms with Gasteiger partial charge in [0.25, 0.3) is 0 Å². The fourth-order valence-corrected chi connectivity index (χ4v) is 3.58. The highest BCUT2D eigenvalue weighted by atomic mass is 32.2. The summed E-state index contributed by atoms with van der Waals surface area (Å²) in [6.45, 7) is 2.55. The zero-order valence-electron chi connectivity index (χ0n) is 14.9. The highest BCUT2D eigenvalue weighted by Gasteiger charge is 2.30. The van der Waals surface area contributed by atoms with Crippen molar-refractivity contribution in [3.63, 3.8) is 0 Å². The summed E-state index contributed by atoms with van der Waals surface area (Å²) in [6.07, 6.45) is 0. The molecule has 2 rings (SSSR count). The summed E-state index contributed by atoms with van der Waals surface area (Å²) in [5.41, 5.74) is 0.605. The number of hydrogen-bond acceptors (Lipinski definition) is 6. The molecular weight excluding hydrogens is 360 g/mol. The summed E-state index contributed by atoms with van der Waals surface area (Å²) in [5, 5.41) is 0. The number of carbonyl (C=O) groups is 1. The molecule has 1 fully saturated rings. The molecule has 0 spiro atoms. The lowest BCUT2D eigenvalue weighted by Gasteiger charge is -2.30. The summed E-state index contributed by atoms with van der Waals surface area (Å²) < 4.78 is 42.7. The van der Waals surface area contributed by atoms with Crippen molar-refractivity contribution >= 4 is 15.9 Å². The zero-order chi connectivity index (χ0) is 18.8. The second-order valence-corrected chi connectivity index (χ2v) is 7.70. The Morgan fingerprint density at radius 1 is 1.19 bits per heavy atom. The van der Waals surface area contributed by atoms with Crippen molar-refractivity contribution in [2.75, 3.05) is 59.0 Å². The molecule has 8 nitrogen and oxygen atoms in total. The molecule has 0 aliphatic carbocycles. The second kappa shape index (κ2) is 10.6. The standard InChI is InChI=1S/C17H26N2O6S/c1-23-11-12-25-13-14-26(21,22)18-16(15-5-3-2-4-6-15)17(20)19-7-9-24-10-8-19/h2-6,16,18H,7-14H2,1H3. The first kappa shape index (κ1) is 20.8. The van der Waals surface area contributed by atoms with Crippen molar-refractivity contribution in [2.45, 2.75) is 6.04 Å². The van der Waals surface area contributed by atoms with E-state index in [1.165, 1.54) is 0 Å². The Morgan fingerprint density at radius 3 is 2.54 bits per heavy atom. The lowest BCUT2D eigenvalue weighted by molar-refractivity contribution is -0.137. The number of sulfonamides is 1. The van der Waals surface area contributed by atoms with Gasteiger partial charge in [-0.15, -0.1) is 0 Å². The van der Waals surface area contributed by atoms with Crippen molar-refractivity contribution in [2.24, 2.45) is 0 Å². The lowest BCUT2D eigenvalue weighted by atomic mass is 10.1. The Balaban J connectivity index is 2.05. The number of rotatable bonds is 10. The second-order valence-electron chi connectivity index (χ2n) is 5.82. The molecule has 0 saturated carbocycles. The van der Waals surface area contributed by atoms with Crippen molar-refractivity contribution in [3.8, 4) is 0 Å². The van der Waals surface area contributed by atoms with E-state index in [1.807, 2.05) is 6.07 Å². The van der Waals surface area contributed by atoms with E-state index >= 15 is 0 Å². The average Bonchev–Trinajstić information content (AvgIpc) is 2.67. The van der Waals surface area contributed by atoms with Crippen LogP contribution in [0.3, 0.4) is 0 Å². The molecule has 0 bridgehead atoms. The SMILES string of the molecule is COCCOCCS(=O)(=O)NC(C(=O)N1CCOCC1)c1ccccc1. The monoisotopic (exact) mass is 386 g/mol. The number of morpholine rings is 1. The van der Waals surface area contributed by atoms with Crippen LogP contribution in [0, 0.1) is 0 Å². The minimum atomic E-state index is -3.69. The maximum Gasteiger partial charge on any atom is 0.245 e. The van der Waals surface area contributed by atoms with Crippen LogP contribution in [0.1, 0.15) is 11.6 Å². The van der Waals surface area contributed by atoms with Crippen LogP contribution in [-0.2, 0) is 29.0 Å². The maximum atomic E-state index is 12.9. The van der Waals surface area contributed by atoms with Crippen LogP contribution in [0.25, 0.3) is 0 Å². The van der Waals surface area contributed by atoms with Gasteiger partial charge in [0.1, 0.15) is 6.04 Å². The minimum absolute atomic E-state index is 0.0337. The van der Waals surface area contributed by atoms with Crippen LogP contribution >= 0.6 is 0 Å². The third-order valence-electron chi connectivity index (χ3n) is 3.93. The third-order valence-corrected chi connectivity index (χ3v) is 5.23. The molecule has 9 heteroatoms. The summed E-state index contributed by atoms with van der Waals surface area (Å²) >= 11 is 0. The molecule has 1 unspecified atom stereocenters. The van der Waals surface area contributed by atoms with E-state index in [0.29, 0.717) is 45.1 Å². The van der Waals surface area contributed by atoms with E-state index in [2.05, 4.69) is 4.72 Å². The van der Waals surface area contributed by atoms with E-state index < -0.39 is 16.1 Å². The fourth-order valence-electron chi connectivity index (χ4n) is 2.52. The first-order valence-electron chi connectivity index (χ1n) is 8.51. The molecule has 26 heavy (non-hydrogen) atoms. The smallest absolute Gasteiger partial charge is 0.245 e. The van der Waals surface area contributed by atoms with Gasteiger partial charge in [0, 0.05) is 20.2 Å². The molecule has 0 aromatic heterocycles. The van der Waals surface area contributed by atoms with Crippen LogP contribution in [0.2, 0.25) is 0 Å². The van der Waals surface area contributed by atoms with Crippen LogP contribution < -0.4 is 4.72 Å². The summed E-state index contributed by atoms with van der Waals surface area (Å²) in [4.78, 5) is 14.5. The molecule has 1 N–H and O–H groups in total. The van der Waals surface area contributed by atoms with Gasteiger partial charge >= 0.3 is 0 Å². The van der Waals surface area contributed by atoms with Crippen molar-refractivity contribution in [1.29, 1.82) is 0 Å². The van der Waals surface area contributed by atoms with Gasteiger partial charge in [-0.3, -0.25) is 4.79 Å². The Labute approximate surface area is 154 Å². The Kier molecular flexibility index (Phi) is 8.46. The predicted octanol–water partition coefficient (Wildman–Crippen LogP) is 0.169. The topological polar surface area (TPSA) is 94.2 Å². The number of carbonyl (C=O) groups excluding carboxylic acids is 1. The zero-order valence-corrected chi connectivity index (χ0v) is 15.7. The fraction of sp³-hybridized carbons (Fsp3) is 0.588. The lowest BCUT2D eigenvalue weighted by Crippen LogP contribution is -2.47. The number of hydrogen-bond donors (Lipinski definition) is 1. The Hall–Kier alpha value is -1.52.